The summed E-state index contributed by atoms with van der Waals surface area (Å²) in [5.74, 6) is 0.631. The highest BCUT2D eigenvalue weighted by atomic mass is 19.1. The van der Waals surface area contributed by atoms with Crippen molar-refractivity contribution < 1.29 is 8.91 Å². The Morgan fingerprint density at radius 2 is 2.25 bits per heavy atom. The molecule has 0 spiro atoms. The second-order valence-electron chi connectivity index (χ2n) is 6.24. The van der Waals surface area contributed by atoms with E-state index < -0.39 is 0 Å². The van der Waals surface area contributed by atoms with E-state index in [9.17, 15) is 4.39 Å². The largest absolute Gasteiger partial charge is 0.337 e. The Morgan fingerprint density at radius 3 is 3.00 bits per heavy atom. The van der Waals surface area contributed by atoms with Gasteiger partial charge in [-0.2, -0.15) is 14.8 Å². The van der Waals surface area contributed by atoms with E-state index in [1.165, 1.54) is 10.7 Å². The number of nitrogens with zero attached hydrogens (tertiary/aromatic N) is 4. The van der Waals surface area contributed by atoms with Crippen LogP contribution in [0.1, 0.15) is 50.1 Å². The van der Waals surface area contributed by atoms with Crippen molar-refractivity contribution >= 4 is 10.9 Å². The number of rotatable bonds is 3. The predicted molar refractivity (Wildman–Crippen MR) is 87.6 cm³/mol. The molecular formula is C18H17FN4O. The van der Waals surface area contributed by atoms with Crippen LogP contribution >= 0.6 is 0 Å². The second kappa shape index (κ2) is 5.73. The molecule has 0 radical (unpaired) electrons. The number of benzene rings is 1. The summed E-state index contributed by atoms with van der Waals surface area (Å²) in [5.41, 5.74) is 4.28. The molecule has 1 aliphatic rings. The molecule has 1 unspecified atom stereocenters. The van der Waals surface area contributed by atoms with Crippen molar-refractivity contribution in [3.63, 3.8) is 0 Å². The molecule has 1 aliphatic carbocycles. The highest BCUT2D eigenvalue weighted by Crippen LogP contribution is 2.29. The zero-order chi connectivity index (χ0) is 16.7. The van der Waals surface area contributed by atoms with Gasteiger partial charge in [-0.3, -0.25) is 0 Å². The molecule has 2 heterocycles. The van der Waals surface area contributed by atoms with Crippen LogP contribution in [0.25, 0.3) is 16.9 Å². The summed E-state index contributed by atoms with van der Waals surface area (Å²) in [5, 5.41) is 9.33. The first-order chi connectivity index (χ1) is 11.6. The molecule has 5 nitrogen and oxygen atoms in total. The van der Waals surface area contributed by atoms with E-state index in [0.29, 0.717) is 11.4 Å². The molecular weight excluding hydrogens is 307 g/mol. The monoisotopic (exact) mass is 324 g/mol. The van der Waals surface area contributed by atoms with Gasteiger partial charge in [-0.25, -0.2) is 4.39 Å². The number of para-hydroxylation sites is 1. The molecule has 6 heteroatoms. The summed E-state index contributed by atoms with van der Waals surface area (Å²) < 4.78 is 21.2. The van der Waals surface area contributed by atoms with E-state index in [0.717, 1.165) is 23.9 Å². The van der Waals surface area contributed by atoms with Gasteiger partial charge in [-0.1, -0.05) is 26.0 Å². The maximum atomic E-state index is 14.4. The maximum absolute atomic E-state index is 14.4. The van der Waals surface area contributed by atoms with Gasteiger partial charge in [-0.05, 0) is 42.1 Å². The van der Waals surface area contributed by atoms with Crippen molar-refractivity contribution in [1.29, 1.82) is 0 Å². The fourth-order valence-corrected chi connectivity index (χ4v) is 2.99. The topological polar surface area (TPSA) is 56.7 Å². The average Bonchev–Trinajstić information content (AvgIpc) is 3.21. The van der Waals surface area contributed by atoms with E-state index in [2.05, 4.69) is 21.0 Å². The van der Waals surface area contributed by atoms with Gasteiger partial charge in [0.15, 0.2) is 0 Å². The minimum atomic E-state index is -0.348. The number of fused-ring (bicyclic) bond motifs is 1. The van der Waals surface area contributed by atoms with Crippen LogP contribution in [0.3, 0.4) is 0 Å². The molecule has 0 saturated carbocycles. The Balaban J connectivity index is 1.85. The maximum Gasteiger partial charge on any atom is 0.291 e. The van der Waals surface area contributed by atoms with Crippen LogP contribution < -0.4 is 0 Å². The standard InChI is InChI=1S/C18H17FN4O/c1-11(2)15-13-9-6-10-14(19)16(13)23(21-15)18-20-17(24-22-18)12-7-4-3-5-8-12/h3,6,8-12H,4,7H2,1-2H3. The lowest BCUT2D eigenvalue weighted by Crippen LogP contribution is -2.03. The lowest BCUT2D eigenvalue weighted by Gasteiger charge is -2.06. The van der Waals surface area contributed by atoms with Crippen molar-refractivity contribution in [1.82, 2.24) is 19.9 Å². The first-order valence-electron chi connectivity index (χ1n) is 8.07. The van der Waals surface area contributed by atoms with Crippen molar-refractivity contribution in [2.24, 2.45) is 0 Å². The minimum absolute atomic E-state index is 0.0486. The van der Waals surface area contributed by atoms with Crippen LogP contribution in [-0.4, -0.2) is 19.9 Å². The third kappa shape index (κ3) is 2.36. The van der Waals surface area contributed by atoms with Crippen molar-refractivity contribution in [3.8, 4) is 5.95 Å². The van der Waals surface area contributed by atoms with E-state index in [4.69, 9.17) is 4.52 Å². The van der Waals surface area contributed by atoms with Gasteiger partial charge in [-0.15, -0.1) is 5.73 Å². The molecule has 1 aromatic carbocycles. The first kappa shape index (κ1) is 14.8. The Kier molecular flexibility index (Phi) is 3.54. The minimum Gasteiger partial charge on any atom is -0.337 e. The van der Waals surface area contributed by atoms with Gasteiger partial charge in [0, 0.05) is 5.39 Å². The predicted octanol–water partition coefficient (Wildman–Crippen LogP) is 4.26. The summed E-state index contributed by atoms with van der Waals surface area (Å²) in [6.07, 6.45) is 5.73. The zero-order valence-corrected chi connectivity index (χ0v) is 13.5. The van der Waals surface area contributed by atoms with E-state index in [1.807, 2.05) is 32.1 Å². The Morgan fingerprint density at radius 1 is 1.38 bits per heavy atom. The van der Waals surface area contributed by atoms with Crippen molar-refractivity contribution in [3.05, 3.63) is 53.5 Å². The molecule has 122 valence electrons. The van der Waals surface area contributed by atoms with E-state index in [1.54, 1.807) is 6.07 Å². The lowest BCUT2D eigenvalue weighted by molar-refractivity contribution is 0.360. The summed E-state index contributed by atoms with van der Waals surface area (Å²) in [6, 6.07) is 4.98. The number of hydrogen-bond donors (Lipinski definition) is 0. The number of allylic oxidation sites excluding steroid dienone is 1. The number of aromatic nitrogens is 4. The number of halogens is 1. The molecule has 0 fully saturated rings. The molecule has 3 aromatic rings. The van der Waals surface area contributed by atoms with Crippen molar-refractivity contribution in [2.75, 3.05) is 0 Å². The molecule has 24 heavy (non-hydrogen) atoms. The fraction of sp³-hybridized carbons (Fsp3) is 0.333. The quantitative estimate of drug-likeness (QED) is 0.676. The van der Waals surface area contributed by atoms with E-state index >= 15 is 0 Å². The summed E-state index contributed by atoms with van der Waals surface area (Å²) in [6.45, 7) is 4.05. The Hall–Kier alpha value is -2.72. The van der Waals surface area contributed by atoms with Gasteiger partial charge in [0.1, 0.15) is 11.3 Å². The van der Waals surface area contributed by atoms with Crippen LogP contribution in [0, 0.1) is 5.82 Å². The Labute approximate surface area is 138 Å². The molecule has 0 N–H and O–H groups in total. The molecule has 0 amide bonds. The van der Waals surface area contributed by atoms with Crippen LogP contribution in [0.5, 0.6) is 0 Å². The summed E-state index contributed by atoms with van der Waals surface area (Å²) in [7, 11) is 0. The SMILES string of the molecule is CC(C)c1nn(-c2noc(C3C=C=CCC3)n2)c2c(F)cccc12. The number of hydrogen-bond acceptors (Lipinski definition) is 4. The highest BCUT2D eigenvalue weighted by Gasteiger charge is 2.22. The van der Waals surface area contributed by atoms with Gasteiger partial charge in [0.25, 0.3) is 5.95 Å². The molecule has 0 bridgehead atoms. The zero-order valence-electron chi connectivity index (χ0n) is 13.5. The molecule has 4 rings (SSSR count). The third-order valence-corrected chi connectivity index (χ3v) is 4.20. The molecule has 1 atom stereocenters. The molecule has 0 aliphatic heterocycles. The van der Waals surface area contributed by atoms with Gasteiger partial charge in [0.05, 0.1) is 11.6 Å². The third-order valence-electron chi connectivity index (χ3n) is 4.20. The summed E-state index contributed by atoms with van der Waals surface area (Å²) >= 11 is 0. The van der Waals surface area contributed by atoms with Gasteiger partial charge < -0.3 is 4.52 Å². The Bertz CT molecular complexity index is 963. The molecule has 2 aromatic heterocycles. The first-order valence-corrected chi connectivity index (χ1v) is 8.07. The van der Waals surface area contributed by atoms with Crippen LogP contribution in [0.15, 0.2) is 40.6 Å². The van der Waals surface area contributed by atoms with Crippen LogP contribution in [-0.2, 0) is 0 Å². The highest BCUT2D eigenvalue weighted by molar-refractivity contribution is 5.84. The normalized spacial score (nSPS) is 17.2. The average molecular weight is 324 g/mol. The second-order valence-corrected chi connectivity index (χ2v) is 6.24. The van der Waals surface area contributed by atoms with Crippen LogP contribution in [0.2, 0.25) is 0 Å². The van der Waals surface area contributed by atoms with Gasteiger partial charge in [0.2, 0.25) is 5.89 Å². The lowest BCUT2D eigenvalue weighted by atomic mass is 10.00. The van der Waals surface area contributed by atoms with Crippen molar-refractivity contribution in [2.45, 2.75) is 38.5 Å². The molecule has 0 saturated heterocycles. The summed E-state index contributed by atoms with van der Waals surface area (Å²) in [4.78, 5) is 4.44. The van der Waals surface area contributed by atoms with Crippen LogP contribution in [0.4, 0.5) is 4.39 Å². The fourth-order valence-electron chi connectivity index (χ4n) is 2.99. The smallest absolute Gasteiger partial charge is 0.291 e. The van der Waals surface area contributed by atoms with Gasteiger partial charge >= 0.3 is 0 Å². The van der Waals surface area contributed by atoms with E-state index in [-0.39, 0.29) is 23.6 Å².